The fraction of sp³-hybridized carbons (Fsp3) is 0.176. The van der Waals surface area contributed by atoms with Crippen LogP contribution in [0.15, 0.2) is 48.5 Å². The molecule has 1 N–H and O–H groups in total. The van der Waals surface area contributed by atoms with Crippen molar-refractivity contribution in [3.8, 4) is 0 Å². The Kier molecular flexibility index (Phi) is 3.87. The van der Waals surface area contributed by atoms with Gasteiger partial charge in [0.05, 0.1) is 12.2 Å². The quantitative estimate of drug-likeness (QED) is 0.944. The highest BCUT2D eigenvalue weighted by atomic mass is 19.1. The maximum Gasteiger partial charge on any atom is 0.251 e. The Bertz CT molecular complexity index is 716. The lowest BCUT2D eigenvalue weighted by Crippen LogP contribution is -2.39. The first kappa shape index (κ1) is 14.3. The maximum absolute atomic E-state index is 13.9. The van der Waals surface area contributed by atoms with Crippen LogP contribution in [0.4, 0.5) is 10.1 Å². The molecule has 3 rings (SSSR count). The molecule has 0 spiro atoms. The van der Waals surface area contributed by atoms with Crippen LogP contribution in [0.5, 0.6) is 0 Å². The Hall–Kier alpha value is -2.69. The summed E-state index contributed by atoms with van der Waals surface area (Å²) in [5.41, 5.74) is 1.65. The van der Waals surface area contributed by atoms with E-state index in [2.05, 4.69) is 5.32 Å². The molecule has 0 radical (unpaired) electrons. The molecule has 2 amide bonds. The predicted octanol–water partition coefficient (Wildman–Crippen LogP) is 2.14. The molecule has 2 aromatic rings. The third kappa shape index (κ3) is 2.70. The summed E-state index contributed by atoms with van der Waals surface area (Å²) >= 11 is 0. The highest BCUT2D eigenvalue weighted by Crippen LogP contribution is 2.30. The highest BCUT2D eigenvalue weighted by molar-refractivity contribution is 6.01. The molecule has 2 aromatic carbocycles. The van der Waals surface area contributed by atoms with E-state index < -0.39 is 5.82 Å². The molecule has 0 saturated carbocycles. The molecule has 0 fully saturated rings. The molecule has 0 aromatic heterocycles. The Morgan fingerprint density at radius 2 is 1.86 bits per heavy atom. The van der Waals surface area contributed by atoms with Crippen LogP contribution in [0.25, 0.3) is 0 Å². The fourth-order valence-corrected chi connectivity index (χ4v) is 2.60. The van der Waals surface area contributed by atoms with Crippen LogP contribution < -0.4 is 10.2 Å². The standard InChI is InChI=1S/C17H15FN2O2/c18-14-8-4-7-12-9-10-20(16(12)14)15(21)11-19-17(22)13-5-2-1-3-6-13/h1-8H,9-11H2,(H,19,22). The summed E-state index contributed by atoms with van der Waals surface area (Å²) in [7, 11) is 0. The molecule has 1 aliphatic rings. The maximum atomic E-state index is 13.9. The number of amides is 2. The summed E-state index contributed by atoms with van der Waals surface area (Å²) in [5.74, 6) is -1.03. The third-order valence-corrected chi connectivity index (χ3v) is 3.68. The number of carbonyl (C=O) groups is 2. The molecular weight excluding hydrogens is 283 g/mol. The number of halogens is 1. The van der Waals surface area contributed by atoms with Crippen molar-refractivity contribution in [1.82, 2.24) is 5.32 Å². The molecule has 0 bridgehead atoms. The third-order valence-electron chi connectivity index (χ3n) is 3.68. The SMILES string of the molecule is O=C(NCC(=O)N1CCc2cccc(F)c21)c1ccccc1. The number of hydrogen-bond acceptors (Lipinski definition) is 2. The second-order valence-corrected chi connectivity index (χ2v) is 5.09. The molecule has 0 unspecified atom stereocenters. The lowest BCUT2D eigenvalue weighted by atomic mass is 10.1. The lowest BCUT2D eigenvalue weighted by molar-refractivity contribution is -0.117. The average Bonchev–Trinajstić information content (AvgIpc) is 2.98. The molecule has 5 heteroatoms. The van der Waals surface area contributed by atoms with Crippen molar-refractivity contribution in [3.63, 3.8) is 0 Å². The van der Waals surface area contributed by atoms with Gasteiger partial charge in [-0.1, -0.05) is 30.3 Å². The number of carbonyl (C=O) groups excluding carboxylic acids is 2. The molecule has 0 saturated heterocycles. The second-order valence-electron chi connectivity index (χ2n) is 5.09. The summed E-state index contributed by atoms with van der Waals surface area (Å²) < 4.78 is 13.9. The molecule has 4 nitrogen and oxygen atoms in total. The summed E-state index contributed by atoms with van der Waals surface area (Å²) in [6.07, 6.45) is 0.630. The number of fused-ring (bicyclic) bond motifs is 1. The van der Waals surface area contributed by atoms with Crippen LogP contribution in [0, 0.1) is 5.82 Å². The Morgan fingerprint density at radius 1 is 1.09 bits per heavy atom. The van der Waals surface area contributed by atoms with Crippen molar-refractivity contribution in [3.05, 3.63) is 65.5 Å². The van der Waals surface area contributed by atoms with Crippen LogP contribution in [-0.2, 0) is 11.2 Å². The topological polar surface area (TPSA) is 49.4 Å². The number of anilines is 1. The first-order valence-electron chi connectivity index (χ1n) is 7.08. The Labute approximate surface area is 127 Å². The van der Waals surface area contributed by atoms with E-state index in [1.807, 2.05) is 12.1 Å². The summed E-state index contributed by atoms with van der Waals surface area (Å²) in [6.45, 7) is 0.289. The summed E-state index contributed by atoms with van der Waals surface area (Å²) in [6, 6.07) is 13.5. The van der Waals surface area contributed by atoms with E-state index in [1.165, 1.54) is 11.0 Å². The van der Waals surface area contributed by atoms with E-state index >= 15 is 0 Å². The van der Waals surface area contributed by atoms with Crippen LogP contribution in [0.1, 0.15) is 15.9 Å². The number of benzene rings is 2. The molecule has 1 heterocycles. The number of para-hydroxylation sites is 1. The van der Waals surface area contributed by atoms with Gasteiger partial charge in [0.15, 0.2) is 0 Å². The zero-order chi connectivity index (χ0) is 15.5. The largest absolute Gasteiger partial charge is 0.343 e. The van der Waals surface area contributed by atoms with Crippen molar-refractivity contribution in [2.45, 2.75) is 6.42 Å². The molecular formula is C17H15FN2O2. The van der Waals surface area contributed by atoms with Gasteiger partial charge >= 0.3 is 0 Å². The van der Waals surface area contributed by atoms with E-state index in [9.17, 15) is 14.0 Å². The zero-order valence-corrected chi connectivity index (χ0v) is 11.9. The van der Waals surface area contributed by atoms with Gasteiger partial charge in [-0.2, -0.15) is 0 Å². The number of nitrogens with one attached hydrogen (secondary N) is 1. The first-order valence-corrected chi connectivity index (χ1v) is 7.08. The van der Waals surface area contributed by atoms with Gasteiger partial charge in [-0.3, -0.25) is 9.59 Å². The van der Waals surface area contributed by atoms with Gasteiger partial charge in [0.1, 0.15) is 5.82 Å². The van der Waals surface area contributed by atoms with Crippen molar-refractivity contribution in [2.24, 2.45) is 0 Å². The summed E-state index contributed by atoms with van der Waals surface area (Å²) in [4.78, 5) is 25.6. The van der Waals surface area contributed by atoms with E-state index in [4.69, 9.17) is 0 Å². The normalized spacial score (nSPS) is 12.9. The van der Waals surface area contributed by atoms with Gasteiger partial charge in [0.25, 0.3) is 5.91 Å². The van der Waals surface area contributed by atoms with Crippen LogP contribution in [-0.4, -0.2) is 24.9 Å². The summed E-state index contributed by atoms with van der Waals surface area (Å²) in [5, 5.41) is 2.57. The molecule has 22 heavy (non-hydrogen) atoms. The minimum atomic E-state index is -0.405. The molecule has 112 valence electrons. The van der Waals surface area contributed by atoms with Gasteiger partial charge in [0.2, 0.25) is 5.91 Å². The molecule has 0 aliphatic carbocycles. The van der Waals surface area contributed by atoms with Crippen LogP contribution in [0.3, 0.4) is 0 Å². The number of hydrogen-bond donors (Lipinski definition) is 1. The zero-order valence-electron chi connectivity index (χ0n) is 11.9. The monoisotopic (exact) mass is 298 g/mol. The smallest absolute Gasteiger partial charge is 0.251 e. The average molecular weight is 298 g/mol. The van der Waals surface area contributed by atoms with Gasteiger partial charge < -0.3 is 10.2 Å². The van der Waals surface area contributed by atoms with Crippen molar-refractivity contribution in [1.29, 1.82) is 0 Å². The Morgan fingerprint density at radius 3 is 2.64 bits per heavy atom. The predicted molar refractivity (Wildman–Crippen MR) is 81.2 cm³/mol. The van der Waals surface area contributed by atoms with E-state index in [0.29, 0.717) is 24.2 Å². The number of nitrogens with zero attached hydrogens (tertiary/aromatic N) is 1. The van der Waals surface area contributed by atoms with E-state index in [-0.39, 0.29) is 18.4 Å². The lowest BCUT2D eigenvalue weighted by Gasteiger charge is -2.18. The Balaban J connectivity index is 1.66. The molecule has 0 atom stereocenters. The molecule has 1 aliphatic heterocycles. The van der Waals surface area contributed by atoms with Crippen LogP contribution >= 0.6 is 0 Å². The van der Waals surface area contributed by atoms with E-state index in [1.54, 1.807) is 30.3 Å². The van der Waals surface area contributed by atoms with Gasteiger partial charge in [0, 0.05) is 12.1 Å². The minimum Gasteiger partial charge on any atom is -0.343 e. The van der Waals surface area contributed by atoms with Gasteiger partial charge in [-0.05, 0) is 30.2 Å². The second kappa shape index (κ2) is 5.97. The van der Waals surface area contributed by atoms with Gasteiger partial charge in [-0.25, -0.2) is 4.39 Å². The number of rotatable bonds is 3. The van der Waals surface area contributed by atoms with Crippen molar-refractivity contribution < 1.29 is 14.0 Å². The van der Waals surface area contributed by atoms with Crippen molar-refractivity contribution >= 4 is 17.5 Å². The fourth-order valence-electron chi connectivity index (χ4n) is 2.60. The van der Waals surface area contributed by atoms with E-state index in [0.717, 1.165) is 5.56 Å². The van der Waals surface area contributed by atoms with Crippen LogP contribution in [0.2, 0.25) is 0 Å². The van der Waals surface area contributed by atoms with Crippen molar-refractivity contribution in [2.75, 3.05) is 18.0 Å². The minimum absolute atomic E-state index is 0.151. The van der Waals surface area contributed by atoms with Gasteiger partial charge in [-0.15, -0.1) is 0 Å². The first-order chi connectivity index (χ1) is 10.7. The highest BCUT2D eigenvalue weighted by Gasteiger charge is 2.27.